The summed E-state index contributed by atoms with van der Waals surface area (Å²) >= 11 is 0. The maximum Gasteiger partial charge on any atom is 0.481 e. The van der Waals surface area contributed by atoms with Gasteiger partial charge >= 0.3 is 21.3 Å². The number of hydrogen-bond donors (Lipinski definition) is 7. The molecule has 0 spiro atoms. The predicted molar refractivity (Wildman–Crippen MR) is 90.3 cm³/mol. The van der Waals surface area contributed by atoms with Gasteiger partial charge < -0.3 is 41.1 Å². The molecule has 2 heterocycles. The number of nitrogens with zero attached hydrogens (tertiary/aromatic N) is 2. The van der Waals surface area contributed by atoms with Crippen LogP contribution >= 0.6 is 15.6 Å². The van der Waals surface area contributed by atoms with Crippen molar-refractivity contribution in [3.63, 3.8) is 0 Å². The number of nitrogen functional groups attached to an aromatic ring is 1. The molecule has 0 aromatic carbocycles. The van der Waals surface area contributed by atoms with E-state index in [-0.39, 0.29) is 18.8 Å². The molecule has 0 saturated carbocycles. The van der Waals surface area contributed by atoms with Crippen LogP contribution in [0, 0.1) is 0 Å². The molecule has 0 amide bonds. The number of phosphoric acid groups is 2. The fourth-order valence-electron chi connectivity index (χ4n) is 2.77. The number of aliphatic hydroxyl groups is 2. The van der Waals surface area contributed by atoms with Crippen molar-refractivity contribution in [3.05, 3.63) is 22.7 Å². The third-order valence-corrected chi connectivity index (χ3v) is 6.02. The topological polar surface area (TPSA) is 250 Å². The Balaban J connectivity index is 2.28. The van der Waals surface area contributed by atoms with Crippen LogP contribution in [0.15, 0.2) is 17.1 Å². The Hall–Kier alpha value is -1.22. The van der Waals surface area contributed by atoms with Crippen LogP contribution < -0.4 is 17.2 Å². The Labute approximate surface area is 157 Å². The van der Waals surface area contributed by atoms with Gasteiger partial charge in [-0.25, -0.2) is 13.9 Å². The third kappa shape index (κ3) is 5.03. The SMILES string of the molecule is NCC[C@@]1(n2ccc(N)nc2=O)O[C@H](COP(=O)(O)OP(=O)(O)O)[C@@H](O)[C@H]1O. The van der Waals surface area contributed by atoms with Crippen molar-refractivity contribution in [1.82, 2.24) is 9.55 Å². The van der Waals surface area contributed by atoms with Gasteiger partial charge in [0.15, 0.2) is 5.72 Å². The molecule has 1 aliphatic rings. The van der Waals surface area contributed by atoms with E-state index in [9.17, 15) is 29.0 Å². The van der Waals surface area contributed by atoms with E-state index in [4.69, 9.17) is 26.0 Å². The fraction of sp³-hybridized carbons (Fsp3) is 0.636. The Morgan fingerprint density at radius 2 is 1.96 bits per heavy atom. The molecule has 1 saturated heterocycles. The van der Waals surface area contributed by atoms with E-state index in [1.54, 1.807) is 0 Å². The second-order valence-corrected chi connectivity index (χ2v) is 8.65. The van der Waals surface area contributed by atoms with Crippen LogP contribution in [0.3, 0.4) is 0 Å². The first kappa shape index (κ1) is 23.1. The molecular weight excluding hydrogens is 426 g/mol. The van der Waals surface area contributed by atoms with E-state index in [1.165, 1.54) is 6.07 Å². The quantitative estimate of drug-likeness (QED) is 0.199. The molecule has 17 heteroatoms. The molecule has 0 aliphatic carbocycles. The highest BCUT2D eigenvalue weighted by atomic mass is 31.3. The number of rotatable bonds is 8. The van der Waals surface area contributed by atoms with Gasteiger partial charge in [-0.1, -0.05) is 0 Å². The minimum Gasteiger partial charge on any atom is -0.387 e. The van der Waals surface area contributed by atoms with Crippen molar-refractivity contribution in [3.8, 4) is 0 Å². The zero-order valence-corrected chi connectivity index (χ0v) is 15.9. The summed E-state index contributed by atoms with van der Waals surface area (Å²) in [7, 11) is -10.6. The molecule has 15 nitrogen and oxygen atoms in total. The maximum absolute atomic E-state index is 12.2. The molecule has 5 atom stereocenters. The Morgan fingerprint density at radius 1 is 1.32 bits per heavy atom. The van der Waals surface area contributed by atoms with Crippen molar-refractivity contribution in [2.45, 2.75) is 30.5 Å². The van der Waals surface area contributed by atoms with Gasteiger partial charge in [-0.3, -0.25) is 9.09 Å². The minimum atomic E-state index is -5.34. The molecule has 9 N–H and O–H groups in total. The summed E-state index contributed by atoms with van der Waals surface area (Å²) in [5.74, 6) is -0.104. The first-order valence-electron chi connectivity index (χ1n) is 7.65. The number of phosphoric ester groups is 1. The zero-order valence-electron chi connectivity index (χ0n) is 14.1. The Kier molecular flexibility index (Phi) is 6.80. The summed E-state index contributed by atoms with van der Waals surface area (Å²) in [5.41, 5.74) is 8.12. The van der Waals surface area contributed by atoms with Crippen LogP contribution in [-0.2, 0) is 28.4 Å². The molecule has 28 heavy (non-hydrogen) atoms. The van der Waals surface area contributed by atoms with Gasteiger partial charge in [-0.2, -0.15) is 9.29 Å². The molecule has 1 aliphatic heterocycles. The van der Waals surface area contributed by atoms with E-state index < -0.39 is 52.0 Å². The van der Waals surface area contributed by atoms with E-state index in [1.807, 2.05) is 0 Å². The molecule has 160 valence electrons. The van der Waals surface area contributed by atoms with Crippen molar-refractivity contribution < 1.29 is 47.6 Å². The first-order valence-corrected chi connectivity index (χ1v) is 10.7. The molecule has 0 bridgehead atoms. The Morgan fingerprint density at radius 3 is 2.50 bits per heavy atom. The summed E-state index contributed by atoms with van der Waals surface area (Å²) in [4.78, 5) is 42.2. The van der Waals surface area contributed by atoms with Gasteiger partial charge in [-0.15, -0.1) is 0 Å². The third-order valence-electron chi connectivity index (χ3n) is 3.87. The summed E-state index contributed by atoms with van der Waals surface area (Å²) in [5, 5.41) is 20.7. The number of ether oxygens (including phenoxy) is 1. The average Bonchev–Trinajstić information content (AvgIpc) is 2.77. The standard InChI is InChI=1S/C11H20N4O11P2/c12-3-2-11(15-4-1-7(13)14-10(15)18)9(17)8(16)6(25-11)5-24-28(22,23)26-27(19,20)21/h1,4,6,8-9,16-17H,2-3,5,12H2,(H,22,23)(H2,13,14,18)(H2,19,20,21)/t6-,8-,9-,11-/m1/s1. The fourth-order valence-corrected chi connectivity index (χ4v) is 4.37. The van der Waals surface area contributed by atoms with Crippen molar-refractivity contribution >= 4 is 21.5 Å². The zero-order chi connectivity index (χ0) is 21.3. The minimum absolute atomic E-state index is 0.103. The number of nitrogens with two attached hydrogens (primary N) is 2. The van der Waals surface area contributed by atoms with E-state index in [0.717, 1.165) is 10.8 Å². The largest absolute Gasteiger partial charge is 0.481 e. The Bertz CT molecular complexity index is 859. The van der Waals surface area contributed by atoms with Crippen LogP contribution in [0.1, 0.15) is 6.42 Å². The van der Waals surface area contributed by atoms with Gasteiger partial charge in [0.25, 0.3) is 0 Å². The lowest BCUT2D eigenvalue weighted by atomic mass is 9.99. The van der Waals surface area contributed by atoms with Crippen molar-refractivity contribution in [1.29, 1.82) is 0 Å². The van der Waals surface area contributed by atoms with Crippen LogP contribution in [0.5, 0.6) is 0 Å². The lowest BCUT2D eigenvalue weighted by molar-refractivity contribution is -0.152. The predicted octanol–water partition coefficient (Wildman–Crippen LogP) is -2.83. The van der Waals surface area contributed by atoms with Gasteiger partial charge in [0.1, 0.15) is 24.1 Å². The monoisotopic (exact) mass is 446 g/mol. The number of aliphatic hydroxyl groups excluding tert-OH is 2. The van der Waals surface area contributed by atoms with Crippen molar-refractivity contribution in [2.24, 2.45) is 5.73 Å². The summed E-state index contributed by atoms with van der Waals surface area (Å²) in [6.07, 6.45) is -3.98. The maximum atomic E-state index is 12.2. The first-order chi connectivity index (χ1) is 12.8. The average molecular weight is 446 g/mol. The van der Waals surface area contributed by atoms with Gasteiger partial charge in [0, 0.05) is 12.6 Å². The number of anilines is 1. The molecule has 1 unspecified atom stereocenters. The highest BCUT2D eigenvalue weighted by Crippen LogP contribution is 2.57. The number of hydrogen-bond acceptors (Lipinski definition) is 11. The molecule has 1 aromatic rings. The molecule has 1 fully saturated rings. The van der Waals surface area contributed by atoms with E-state index in [2.05, 4.69) is 13.8 Å². The smallest absolute Gasteiger partial charge is 0.387 e. The molecular formula is C11H20N4O11P2. The summed E-state index contributed by atoms with van der Waals surface area (Å²) < 4.78 is 36.6. The van der Waals surface area contributed by atoms with Gasteiger partial charge in [0.2, 0.25) is 0 Å². The van der Waals surface area contributed by atoms with Gasteiger partial charge in [-0.05, 0) is 12.6 Å². The number of aromatic nitrogens is 2. The highest BCUT2D eigenvalue weighted by Gasteiger charge is 2.56. The molecule has 1 aromatic heterocycles. The second kappa shape index (κ2) is 8.26. The highest BCUT2D eigenvalue weighted by molar-refractivity contribution is 7.60. The van der Waals surface area contributed by atoms with Crippen LogP contribution in [0.2, 0.25) is 0 Å². The summed E-state index contributed by atoms with van der Waals surface area (Å²) in [6.45, 7) is -1.02. The summed E-state index contributed by atoms with van der Waals surface area (Å²) in [6, 6.07) is 1.24. The normalized spacial score (nSPS) is 30.3. The molecule has 2 rings (SSSR count). The van der Waals surface area contributed by atoms with Gasteiger partial charge in [0.05, 0.1) is 6.61 Å². The lowest BCUT2D eigenvalue weighted by Crippen LogP contribution is -2.51. The van der Waals surface area contributed by atoms with Crippen LogP contribution in [0.4, 0.5) is 5.82 Å². The van der Waals surface area contributed by atoms with E-state index in [0.29, 0.717) is 0 Å². The van der Waals surface area contributed by atoms with Crippen LogP contribution in [-0.4, -0.2) is 65.9 Å². The molecule has 0 radical (unpaired) electrons. The van der Waals surface area contributed by atoms with Crippen LogP contribution in [0.25, 0.3) is 0 Å². The lowest BCUT2D eigenvalue weighted by Gasteiger charge is -2.33. The van der Waals surface area contributed by atoms with Crippen molar-refractivity contribution in [2.75, 3.05) is 18.9 Å². The van der Waals surface area contributed by atoms with E-state index >= 15 is 0 Å². The second-order valence-electron chi connectivity index (χ2n) is 5.82.